The Balaban J connectivity index is 1.65. The summed E-state index contributed by atoms with van der Waals surface area (Å²) in [6, 6.07) is 15.4. The van der Waals surface area contributed by atoms with Crippen LogP contribution in [0.15, 0.2) is 71.3 Å². The van der Waals surface area contributed by atoms with Gasteiger partial charge in [-0.05, 0) is 68.3 Å². The van der Waals surface area contributed by atoms with Crippen LogP contribution in [0.25, 0.3) is 16.5 Å². The van der Waals surface area contributed by atoms with Crippen LogP contribution in [0, 0.1) is 0 Å². The summed E-state index contributed by atoms with van der Waals surface area (Å²) >= 11 is 0. The summed E-state index contributed by atoms with van der Waals surface area (Å²) < 4.78 is 22.1. The number of methoxy groups -OCH3 is 1. The molecule has 0 amide bonds. The van der Waals surface area contributed by atoms with Crippen molar-refractivity contribution in [3.05, 3.63) is 72.6 Å². The number of esters is 1. The molecule has 0 saturated carbocycles. The first-order valence-corrected chi connectivity index (χ1v) is 10.6. The number of nitrogens with one attached hydrogen (secondary N) is 1. The minimum absolute atomic E-state index is 0.209. The Morgan fingerprint density at radius 1 is 1.19 bits per heavy atom. The van der Waals surface area contributed by atoms with Crippen LogP contribution in [0.5, 0.6) is 11.5 Å². The van der Waals surface area contributed by atoms with Crippen LogP contribution < -0.4 is 14.8 Å². The zero-order chi connectivity index (χ0) is 22.9. The fourth-order valence-corrected chi connectivity index (χ4v) is 3.20. The minimum atomic E-state index is -0.209. The molecule has 0 aliphatic rings. The number of carbonyl (C=O) groups is 1. The average Bonchev–Trinajstić information content (AvgIpc) is 3.23. The van der Waals surface area contributed by atoms with Crippen molar-refractivity contribution in [1.29, 1.82) is 0 Å². The first-order valence-electron chi connectivity index (χ1n) is 10.6. The van der Waals surface area contributed by atoms with Crippen molar-refractivity contribution >= 4 is 28.2 Å². The lowest BCUT2D eigenvalue weighted by molar-refractivity contribution is -0.143. The number of benzene rings is 2. The highest BCUT2D eigenvalue weighted by Crippen LogP contribution is 2.32. The molecule has 3 aromatic rings. The molecule has 0 fully saturated rings. The van der Waals surface area contributed by atoms with Crippen molar-refractivity contribution in [2.75, 3.05) is 25.6 Å². The van der Waals surface area contributed by atoms with Crippen molar-refractivity contribution < 1.29 is 23.4 Å². The van der Waals surface area contributed by atoms with Gasteiger partial charge in [-0.15, -0.1) is 0 Å². The molecule has 0 aliphatic carbocycles. The Labute approximate surface area is 188 Å². The monoisotopic (exact) mass is 435 g/mol. The fourth-order valence-electron chi connectivity index (χ4n) is 3.20. The number of carbonyl (C=O) groups excluding carboxylic acids is 1. The molecule has 0 spiro atoms. The maximum absolute atomic E-state index is 11.5. The van der Waals surface area contributed by atoms with Gasteiger partial charge >= 0.3 is 5.97 Å². The largest absolute Gasteiger partial charge is 0.497 e. The number of furan rings is 1. The van der Waals surface area contributed by atoms with E-state index < -0.39 is 0 Å². The smallest absolute Gasteiger partial charge is 0.305 e. The summed E-state index contributed by atoms with van der Waals surface area (Å²) in [6.45, 7) is 8.65. The molecule has 2 aromatic carbocycles. The molecule has 6 heteroatoms. The molecule has 32 heavy (non-hydrogen) atoms. The molecule has 0 aliphatic heterocycles. The van der Waals surface area contributed by atoms with E-state index in [1.807, 2.05) is 61.5 Å². The van der Waals surface area contributed by atoms with Crippen molar-refractivity contribution in [3.8, 4) is 11.5 Å². The second-order valence-electron chi connectivity index (χ2n) is 7.25. The molecule has 0 radical (unpaired) electrons. The van der Waals surface area contributed by atoms with Crippen LogP contribution in [-0.2, 0) is 9.53 Å². The van der Waals surface area contributed by atoms with Gasteiger partial charge in [0.1, 0.15) is 11.5 Å². The number of hydrogen-bond acceptors (Lipinski definition) is 6. The lowest BCUT2D eigenvalue weighted by Crippen LogP contribution is -2.06. The highest BCUT2D eigenvalue weighted by atomic mass is 16.5. The lowest BCUT2D eigenvalue weighted by atomic mass is 10.1. The van der Waals surface area contributed by atoms with Gasteiger partial charge < -0.3 is 23.9 Å². The van der Waals surface area contributed by atoms with Crippen molar-refractivity contribution in [3.63, 3.8) is 0 Å². The van der Waals surface area contributed by atoms with E-state index >= 15 is 0 Å². The Bertz CT molecular complexity index is 1100. The Kier molecular flexibility index (Phi) is 7.97. The zero-order valence-electron chi connectivity index (χ0n) is 18.8. The number of para-hydroxylation sites is 1. The molecule has 0 atom stereocenters. The summed E-state index contributed by atoms with van der Waals surface area (Å²) in [5.41, 5.74) is 3.27. The van der Waals surface area contributed by atoms with Crippen LogP contribution in [-0.4, -0.2) is 26.3 Å². The molecule has 3 rings (SSSR count). The lowest BCUT2D eigenvalue weighted by Gasteiger charge is -2.08. The van der Waals surface area contributed by atoms with Crippen molar-refractivity contribution in [2.45, 2.75) is 26.7 Å². The van der Waals surface area contributed by atoms with Crippen LogP contribution in [0.1, 0.15) is 32.4 Å². The van der Waals surface area contributed by atoms with Crippen LogP contribution in [0.2, 0.25) is 0 Å². The number of fused-ring (bicyclic) bond motifs is 1. The molecule has 1 aromatic heterocycles. The second kappa shape index (κ2) is 11.1. The third-order valence-corrected chi connectivity index (χ3v) is 4.77. The van der Waals surface area contributed by atoms with Gasteiger partial charge in [0, 0.05) is 23.2 Å². The van der Waals surface area contributed by atoms with Gasteiger partial charge in [0.25, 0.3) is 0 Å². The number of hydrogen-bond donors (Lipinski definition) is 1. The van der Waals surface area contributed by atoms with Crippen molar-refractivity contribution in [1.82, 2.24) is 0 Å². The van der Waals surface area contributed by atoms with E-state index in [1.54, 1.807) is 14.0 Å². The number of allylic oxidation sites excluding steroid dienone is 2. The topological polar surface area (TPSA) is 69.9 Å². The summed E-state index contributed by atoms with van der Waals surface area (Å²) in [6.07, 6.45) is 2.85. The first-order chi connectivity index (χ1) is 15.5. The maximum atomic E-state index is 11.5. The van der Waals surface area contributed by atoms with Crippen LogP contribution >= 0.6 is 0 Å². The van der Waals surface area contributed by atoms with Gasteiger partial charge in [-0.25, -0.2) is 0 Å². The zero-order valence-corrected chi connectivity index (χ0v) is 18.8. The fraction of sp³-hybridized carbons (Fsp3) is 0.269. The third-order valence-electron chi connectivity index (χ3n) is 4.77. The number of anilines is 1. The normalized spacial score (nSPS) is 11.3. The Hall–Kier alpha value is -3.67. The molecular weight excluding hydrogens is 406 g/mol. The predicted molar refractivity (Wildman–Crippen MR) is 127 cm³/mol. The summed E-state index contributed by atoms with van der Waals surface area (Å²) in [7, 11) is 1.64. The van der Waals surface area contributed by atoms with Gasteiger partial charge in [-0.2, -0.15) is 0 Å². The molecule has 0 saturated heterocycles. The highest BCUT2D eigenvalue weighted by Gasteiger charge is 2.11. The maximum Gasteiger partial charge on any atom is 0.305 e. The molecular formula is C26H29NO5. The van der Waals surface area contributed by atoms with Gasteiger partial charge in [0.15, 0.2) is 11.3 Å². The molecule has 0 unspecified atom stereocenters. The summed E-state index contributed by atoms with van der Waals surface area (Å²) in [5.74, 6) is 1.98. The second-order valence-corrected chi connectivity index (χ2v) is 7.25. The SMILES string of the molecule is C=C(/C=C(\C)c1cc2cccc(OCCCC(=O)OCC)c2o1)Nc1ccc(OC)cc1. The highest BCUT2D eigenvalue weighted by molar-refractivity contribution is 5.86. The number of ether oxygens (including phenoxy) is 3. The van der Waals surface area contributed by atoms with Gasteiger partial charge in [0.2, 0.25) is 0 Å². The van der Waals surface area contributed by atoms with E-state index in [0.29, 0.717) is 37.4 Å². The third kappa shape index (κ3) is 6.17. The molecule has 1 N–H and O–H groups in total. The quantitative estimate of drug-likeness (QED) is 0.220. The average molecular weight is 436 g/mol. The molecule has 6 nitrogen and oxygen atoms in total. The van der Waals surface area contributed by atoms with E-state index in [-0.39, 0.29) is 5.97 Å². The first kappa shape index (κ1) is 23.0. The van der Waals surface area contributed by atoms with Gasteiger partial charge in [-0.3, -0.25) is 4.79 Å². The Morgan fingerprint density at radius 3 is 2.69 bits per heavy atom. The Morgan fingerprint density at radius 2 is 1.97 bits per heavy atom. The van der Waals surface area contributed by atoms with E-state index in [9.17, 15) is 4.79 Å². The van der Waals surface area contributed by atoms with Gasteiger partial charge in [-0.1, -0.05) is 18.7 Å². The van der Waals surface area contributed by atoms with E-state index in [4.69, 9.17) is 18.6 Å². The summed E-state index contributed by atoms with van der Waals surface area (Å²) in [5, 5.41) is 4.21. The summed E-state index contributed by atoms with van der Waals surface area (Å²) in [4.78, 5) is 11.5. The van der Waals surface area contributed by atoms with Crippen molar-refractivity contribution in [2.24, 2.45) is 0 Å². The van der Waals surface area contributed by atoms with E-state index in [1.165, 1.54) is 0 Å². The standard InChI is InChI=1S/C26H29NO5/c1-5-30-25(28)10-7-15-31-23-9-6-8-20-17-24(32-26(20)23)18(2)16-19(3)27-21-11-13-22(29-4)14-12-21/h6,8-9,11-14,16-17,27H,3,5,7,10,15H2,1-2,4H3/b18-16+. The molecule has 0 bridgehead atoms. The predicted octanol–water partition coefficient (Wildman–Crippen LogP) is 6.19. The molecule has 168 valence electrons. The van der Waals surface area contributed by atoms with Crippen LogP contribution in [0.3, 0.4) is 0 Å². The minimum Gasteiger partial charge on any atom is -0.497 e. The molecule has 1 heterocycles. The van der Waals surface area contributed by atoms with E-state index in [2.05, 4.69) is 11.9 Å². The van der Waals surface area contributed by atoms with E-state index in [0.717, 1.165) is 33.9 Å². The number of rotatable bonds is 11. The van der Waals surface area contributed by atoms with Gasteiger partial charge in [0.05, 0.1) is 20.3 Å². The van der Waals surface area contributed by atoms with Crippen LogP contribution in [0.4, 0.5) is 5.69 Å².